The Kier molecular flexibility index (Phi) is 5.47. The van der Waals surface area contributed by atoms with Crippen molar-refractivity contribution < 1.29 is 9.53 Å². The summed E-state index contributed by atoms with van der Waals surface area (Å²) in [6.45, 7) is 8.76. The number of pyridine rings is 1. The fraction of sp³-hybridized carbons (Fsp3) is 0.417. The highest BCUT2D eigenvalue weighted by atomic mass is 16.5. The van der Waals surface area contributed by atoms with E-state index in [9.17, 15) is 9.59 Å². The van der Waals surface area contributed by atoms with Crippen LogP contribution in [0.5, 0.6) is 5.75 Å². The summed E-state index contributed by atoms with van der Waals surface area (Å²) in [6.07, 6.45) is 2.43. The van der Waals surface area contributed by atoms with Crippen LogP contribution in [0.4, 0.5) is 0 Å². The first-order valence-electron chi connectivity index (χ1n) is 9.72. The van der Waals surface area contributed by atoms with Crippen molar-refractivity contribution in [2.75, 3.05) is 0 Å². The van der Waals surface area contributed by atoms with Crippen LogP contribution in [-0.2, 0) is 4.79 Å². The molecule has 1 aromatic carbocycles. The Morgan fingerprint density at radius 2 is 1.86 bits per heavy atom. The van der Waals surface area contributed by atoms with Gasteiger partial charge >= 0.3 is 0 Å². The van der Waals surface area contributed by atoms with Gasteiger partial charge in [0.05, 0.1) is 6.04 Å². The molecular formula is C24H27NO3. The molecule has 3 rings (SSSR count). The van der Waals surface area contributed by atoms with Gasteiger partial charge < -0.3 is 9.30 Å². The number of benzene rings is 1. The van der Waals surface area contributed by atoms with Crippen LogP contribution >= 0.6 is 0 Å². The Bertz CT molecular complexity index is 999. The van der Waals surface area contributed by atoms with E-state index in [-0.39, 0.29) is 17.4 Å². The van der Waals surface area contributed by atoms with Crippen molar-refractivity contribution in [2.45, 2.75) is 59.1 Å². The molecule has 1 aliphatic carbocycles. The quantitative estimate of drug-likeness (QED) is 0.731. The first-order chi connectivity index (χ1) is 13.2. The number of hydrogen-bond acceptors (Lipinski definition) is 3. The van der Waals surface area contributed by atoms with Crippen LogP contribution in [0.25, 0.3) is 0 Å². The molecule has 1 heterocycles. The maximum atomic E-state index is 12.8. The Hall–Kier alpha value is -2.80. The Labute approximate surface area is 166 Å². The van der Waals surface area contributed by atoms with Gasteiger partial charge in [-0.2, -0.15) is 0 Å². The number of ketones is 1. The predicted molar refractivity (Wildman–Crippen MR) is 111 cm³/mol. The minimum absolute atomic E-state index is 0.0902. The van der Waals surface area contributed by atoms with Gasteiger partial charge in [0.1, 0.15) is 5.75 Å². The molecule has 1 fully saturated rings. The molecule has 146 valence electrons. The lowest BCUT2D eigenvalue weighted by Crippen LogP contribution is -2.37. The van der Waals surface area contributed by atoms with Crippen molar-refractivity contribution in [3.05, 3.63) is 63.6 Å². The first-order valence-corrected chi connectivity index (χ1v) is 9.72. The number of ether oxygens (including phenoxy) is 1. The van der Waals surface area contributed by atoms with E-state index in [2.05, 4.69) is 11.8 Å². The third kappa shape index (κ3) is 4.54. The van der Waals surface area contributed by atoms with Crippen LogP contribution in [-0.4, -0.2) is 16.0 Å². The number of carbonyl (C=O) groups excluding carboxylic acids is 1. The molecule has 4 nitrogen and oxygen atoms in total. The number of aryl methyl sites for hydroxylation is 1. The van der Waals surface area contributed by atoms with Crippen LogP contribution in [0.3, 0.4) is 0 Å². The summed E-state index contributed by atoms with van der Waals surface area (Å²) < 4.78 is 7.49. The Balaban J connectivity index is 1.83. The van der Waals surface area contributed by atoms with E-state index in [0.717, 1.165) is 16.8 Å². The maximum absolute atomic E-state index is 12.8. The van der Waals surface area contributed by atoms with E-state index < -0.39 is 5.60 Å². The summed E-state index contributed by atoms with van der Waals surface area (Å²) in [5, 5.41) is 0. The number of nitrogens with zero attached hydrogens (tertiary/aromatic N) is 1. The molecule has 0 bridgehead atoms. The third-order valence-electron chi connectivity index (χ3n) is 5.23. The van der Waals surface area contributed by atoms with Crippen molar-refractivity contribution in [2.24, 2.45) is 5.92 Å². The first kappa shape index (κ1) is 19.9. The van der Waals surface area contributed by atoms with E-state index in [1.54, 1.807) is 24.5 Å². The average Bonchev–Trinajstić information content (AvgIpc) is 3.43. The van der Waals surface area contributed by atoms with Crippen molar-refractivity contribution in [1.82, 2.24) is 4.57 Å². The molecule has 28 heavy (non-hydrogen) atoms. The van der Waals surface area contributed by atoms with Crippen molar-refractivity contribution in [3.8, 4) is 17.6 Å². The van der Waals surface area contributed by atoms with Crippen LogP contribution in [0.2, 0.25) is 0 Å². The lowest BCUT2D eigenvalue weighted by atomic mass is 10.0. The van der Waals surface area contributed by atoms with Crippen LogP contribution in [0, 0.1) is 24.7 Å². The standard InChI is InChI=1S/C24H27NO3/c1-16-14-22(28-24(4,5)18(3)26)15-23(27)25(16)17(2)21-12-10-20(11-13-21)9-8-19-6-7-19/h10-15,17,19H,6-7H2,1-5H3/t17-/m1/s1. The highest BCUT2D eigenvalue weighted by Crippen LogP contribution is 2.28. The van der Waals surface area contributed by atoms with Crippen molar-refractivity contribution in [3.63, 3.8) is 0 Å². The fourth-order valence-corrected chi connectivity index (χ4v) is 3.01. The Morgan fingerprint density at radius 3 is 2.39 bits per heavy atom. The zero-order valence-electron chi connectivity index (χ0n) is 17.2. The molecule has 0 unspecified atom stereocenters. The van der Waals surface area contributed by atoms with Gasteiger partial charge in [-0.15, -0.1) is 0 Å². The second-order valence-electron chi connectivity index (χ2n) is 8.05. The summed E-state index contributed by atoms with van der Waals surface area (Å²) in [5.41, 5.74) is 1.71. The minimum atomic E-state index is -0.964. The van der Waals surface area contributed by atoms with Gasteiger partial charge in [-0.05, 0) is 71.2 Å². The van der Waals surface area contributed by atoms with E-state index in [1.165, 1.54) is 25.8 Å². The lowest BCUT2D eigenvalue weighted by molar-refractivity contribution is -0.129. The minimum Gasteiger partial charge on any atom is -0.480 e. The summed E-state index contributed by atoms with van der Waals surface area (Å²) in [7, 11) is 0. The largest absolute Gasteiger partial charge is 0.480 e. The normalized spacial score (nSPS) is 14.8. The highest BCUT2D eigenvalue weighted by Gasteiger charge is 2.26. The van der Waals surface area contributed by atoms with E-state index in [0.29, 0.717) is 11.7 Å². The van der Waals surface area contributed by atoms with Gasteiger partial charge in [0.2, 0.25) is 0 Å². The maximum Gasteiger partial charge on any atom is 0.254 e. The van der Waals surface area contributed by atoms with Gasteiger partial charge in [0, 0.05) is 23.2 Å². The predicted octanol–water partition coefficient (Wildman–Crippen LogP) is 4.27. The second-order valence-corrected chi connectivity index (χ2v) is 8.05. The second kappa shape index (κ2) is 7.67. The Morgan fingerprint density at radius 1 is 1.21 bits per heavy atom. The molecule has 0 amide bonds. The summed E-state index contributed by atoms with van der Waals surface area (Å²) in [5.74, 6) is 7.37. The molecule has 0 spiro atoms. The zero-order chi connectivity index (χ0) is 20.5. The molecule has 0 radical (unpaired) electrons. The molecule has 0 aliphatic heterocycles. The third-order valence-corrected chi connectivity index (χ3v) is 5.23. The lowest BCUT2D eigenvalue weighted by Gasteiger charge is -2.25. The monoisotopic (exact) mass is 377 g/mol. The number of hydrogen-bond donors (Lipinski definition) is 0. The number of aromatic nitrogens is 1. The molecular weight excluding hydrogens is 350 g/mol. The summed E-state index contributed by atoms with van der Waals surface area (Å²) in [6, 6.07) is 11.2. The molecule has 4 heteroatoms. The number of Topliss-reactive ketones (excluding diaryl/α,β-unsaturated/α-hetero) is 1. The molecule has 1 aliphatic rings. The van der Waals surface area contributed by atoms with E-state index >= 15 is 0 Å². The topological polar surface area (TPSA) is 48.3 Å². The summed E-state index contributed by atoms with van der Waals surface area (Å²) in [4.78, 5) is 24.5. The average molecular weight is 377 g/mol. The van der Waals surface area contributed by atoms with Crippen LogP contribution in [0.15, 0.2) is 41.2 Å². The van der Waals surface area contributed by atoms with Crippen LogP contribution in [0.1, 0.15) is 63.4 Å². The smallest absolute Gasteiger partial charge is 0.254 e. The molecule has 2 aromatic rings. The highest BCUT2D eigenvalue weighted by molar-refractivity contribution is 5.84. The zero-order valence-corrected chi connectivity index (χ0v) is 17.2. The van der Waals surface area contributed by atoms with Gasteiger partial charge in [-0.1, -0.05) is 24.0 Å². The molecule has 1 saturated carbocycles. The van der Waals surface area contributed by atoms with Gasteiger partial charge in [0.25, 0.3) is 5.56 Å². The van der Waals surface area contributed by atoms with E-state index in [4.69, 9.17) is 4.74 Å². The fourth-order valence-electron chi connectivity index (χ4n) is 3.01. The molecule has 1 aromatic heterocycles. The molecule has 0 saturated heterocycles. The summed E-state index contributed by atoms with van der Waals surface area (Å²) >= 11 is 0. The van der Waals surface area contributed by atoms with Gasteiger partial charge in [-0.25, -0.2) is 0 Å². The number of carbonyl (C=O) groups is 1. The van der Waals surface area contributed by atoms with Gasteiger partial charge in [-0.3, -0.25) is 9.59 Å². The van der Waals surface area contributed by atoms with Crippen molar-refractivity contribution in [1.29, 1.82) is 0 Å². The van der Waals surface area contributed by atoms with Crippen LogP contribution < -0.4 is 10.3 Å². The molecule has 0 N–H and O–H groups in total. The number of rotatable bonds is 5. The van der Waals surface area contributed by atoms with Gasteiger partial charge in [0.15, 0.2) is 11.4 Å². The van der Waals surface area contributed by atoms with E-state index in [1.807, 2.05) is 38.1 Å². The molecule has 1 atom stereocenters. The SMILES string of the molecule is CC(=O)C(C)(C)Oc1cc(C)n([C@H](C)c2ccc(C#CC3CC3)cc2)c(=O)c1. The van der Waals surface area contributed by atoms with Crippen molar-refractivity contribution >= 4 is 5.78 Å².